The maximum atomic E-state index is 13.0. The van der Waals surface area contributed by atoms with Gasteiger partial charge in [-0.1, -0.05) is 48.5 Å². The van der Waals surface area contributed by atoms with Crippen LogP contribution < -0.4 is 19.3 Å². The van der Waals surface area contributed by atoms with Gasteiger partial charge < -0.3 is 24.2 Å². The van der Waals surface area contributed by atoms with Crippen LogP contribution in [0.4, 0.5) is 11.8 Å². The zero-order chi connectivity index (χ0) is 26.6. The standard InChI is InChI=1S/C31H33N5O3/c1-38-27-20-25-26(21-28(27)39-22-23-10-4-2-5-11-23)32-31(36-14-8-9-15-36)33-29(25)34-16-18-35(19-17-34)30(37)24-12-6-3-7-13-24/h2-7,10-13,20-21H,8-9,14-19,22H2,1H3. The molecule has 0 aliphatic carbocycles. The number of anilines is 2. The third-order valence-corrected chi connectivity index (χ3v) is 7.46. The van der Waals surface area contributed by atoms with Crippen molar-refractivity contribution in [1.82, 2.24) is 14.9 Å². The molecular weight excluding hydrogens is 490 g/mol. The minimum atomic E-state index is 0.0717. The Balaban J connectivity index is 1.31. The molecule has 0 N–H and O–H groups in total. The highest BCUT2D eigenvalue weighted by molar-refractivity contribution is 5.95. The van der Waals surface area contributed by atoms with E-state index in [0.29, 0.717) is 44.3 Å². The van der Waals surface area contributed by atoms with Crippen molar-refractivity contribution in [3.05, 3.63) is 83.9 Å². The second kappa shape index (κ2) is 11.2. The largest absolute Gasteiger partial charge is 0.493 e. The van der Waals surface area contributed by atoms with Crippen LogP contribution >= 0.6 is 0 Å². The van der Waals surface area contributed by atoms with Gasteiger partial charge in [0.1, 0.15) is 12.4 Å². The van der Waals surface area contributed by atoms with Gasteiger partial charge in [0.2, 0.25) is 5.95 Å². The fourth-order valence-electron chi connectivity index (χ4n) is 5.30. The number of benzene rings is 3. The summed E-state index contributed by atoms with van der Waals surface area (Å²) < 4.78 is 11.9. The molecule has 2 aliphatic rings. The van der Waals surface area contributed by atoms with Crippen LogP contribution in [0, 0.1) is 0 Å². The minimum absolute atomic E-state index is 0.0717. The number of hydrogen-bond donors (Lipinski definition) is 0. The summed E-state index contributed by atoms with van der Waals surface area (Å²) in [5.41, 5.74) is 2.64. The molecule has 0 unspecified atom stereocenters. The quantitative estimate of drug-likeness (QED) is 0.345. The van der Waals surface area contributed by atoms with Crippen LogP contribution in [0.25, 0.3) is 10.9 Å². The van der Waals surface area contributed by atoms with Gasteiger partial charge in [-0.3, -0.25) is 4.79 Å². The lowest BCUT2D eigenvalue weighted by Gasteiger charge is -2.36. The number of rotatable bonds is 7. The van der Waals surface area contributed by atoms with E-state index in [-0.39, 0.29) is 5.91 Å². The Labute approximate surface area is 228 Å². The maximum Gasteiger partial charge on any atom is 0.253 e. The van der Waals surface area contributed by atoms with Gasteiger partial charge in [0, 0.05) is 56.3 Å². The molecule has 1 aromatic heterocycles. The summed E-state index contributed by atoms with van der Waals surface area (Å²) in [6.45, 7) is 5.01. The monoisotopic (exact) mass is 523 g/mol. The van der Waals surface area contributed by atoms with E-state index in [1.165, 1.54) is 0 Å². The lowest BCUT2D eigenvalue weighted by atomic mass is 10.1. The first kappa shape index (κ1) is 25.0. The minimum Gasteiger partial charge on any atom is -0.493 e. The molecule has 0 spiro atoms. The number of ether oxygens (including phenoxy) is 2. The van der Waals surface area contributed by atoms with Crippen LogP contribution in [0.5, 0.6) is 11.5 Å². The van der Waals surface area contributed by atoms with E-state index in [1.807, 2.05) is 77.7 Å². The number of piperazine rings is 1. The van der Waals surface area contributed by atoms with Crippen LogP contribution in [0.1, 0.15) is 28.8 Å². The van der Waals surface area contributed by atoms with Crippen molar-refractivity contribution in [1.29, 1.82) is 0 Å². The Morgan fingerprint density at radius 2 is 1.49 bits per heavy atom. The average molecular weight is 524 g/mol. The lowest BCUT2D eigenvalue weighted by Crippen LogP contribution is -2.49. The molecule has 2 aliphatic heterocycles. The molecule has 2 saturated heterocycles. The number of carbonyl (C=O) groups is 1. The number of nitrogens with zero attached hydrogens (tertiary/aromatic N) is 5. The SMILES string of the molecule is COc1cc2c(N3CCN(C(=O)c4ccccc4)CC3)nc(N3CCCC3)nc2cc1OCc1ccccc1. The number of amides is 1. The van der Waals surface area contributed by atoms with Crippen molar-refractivity contribution in [3.8, 4) is 11.5 Å². The van der Waals surface area contributed by atoms with Crippen molar-refractivity contribution in [2.45, 2.75) is 19.4 Å². The lowest BCUT2D eigenvalue weighted by molar-refractivity contribution is 0.0746. The molecule has 4 aromatic rings. The predicted molar refractivity (Wildman–Crippen MR) is 153 cm³/mol. The highest BCUT2D eigenvalue weighted by Crippen LogP contribution is 2.37. The average Bonchev–Trinajstić information content (AvgIpc) is 3.55. The molecule has 2 fully saturated rings. The first-order valence-corrected chi connectivity index (χ1v) is 13.6. The van der Waals surface area contributed by atoms with Gasteiger partial charge in [0.25, 0.3) is 5.91 Å². The molecule has 39 heavy (non-hydrogen) atoms. The van der Waals surface area contributed by atoms with Crippen LogP contribution in [-0.2, 0) is 6.61 Å². The Morgan fingerprint density at radius 3 is 2.18 bits per heavy atom. The number of hydrogen-bond acceptors (Lipinski definition) is 7. The van der Waals surface area contributed by atoms with Crippen LogP contribution in [0.3, 0.4) is 0 Å². The van der Waals surface area contributed by atoms with Crippen molar-refractivity contribution >= 4 is 28.6 Å². The fourth-order valence-corrected chi connectivity index (χ4v) is 5.30. The Kier molecular flexibility index (Phi) is 7.17. The van der Waals surface area contributed by atoms with Crippen LogP contribution in [-0.4, -0.2) is 67.2 Å². The van der Waals surface area contributed by atoms with Gasteiger partial charge in [0.15, 0.2) is 11.5 Å². The number of aromatic nitrogens is 2. The summed E-state index contributed by atoms with van der Waals surface area (Å²) >= 11 is 0. The topological polar surface area (TPSA) is 71.0 Å². The number of fused-ring (bicyclic) bond motifs is 1. The summed E-state index contributed by atoms with van der Waals surface area (Å²) in [6.07, 6.45) is 2.29. The highest BCUT2D eigenvalue weighted by Gasteiger charge is 2.26. The highest BCUT2D eigenvalue weighted by atomic mass is 16.5. The number of methoxy groups -OCH3 is 1. The molecule has 200 valence electrons. The first-order chi connectivity index (χ1) is 19.2. The van der Waals surface area contributed by atoms with Gasteiger partial charge in [-0.05, 0) is 36.6 Å². The third-order valence-electron chi connectivity index (χ3n) is 7.46. The van der Waals surface area contributed by atoms with E-state index in [4.69, 9.17) is 19.4 Å². The molecule has 0 saturated carbocycles. The Morgan fingerprint density at radius 1 is 0.795 bits per heavy atom. The Bertz CT molecular complexity index is 1430. The van der Waals surface area contributed by atoms with Gasteiger partial charge in [-0.15, -0.1) is 0 Å². The molecule has 0 bridgehead atoms. The molecular formula is C31H33N5O3. The molecule has 3 heterocycles. The summed E-state index contributed by atoms with van der Waals surface area (Å²) in [4.78, 5) is 29.5. The zero-order valence-electron chi connectivity index (χ0n) is 22.3. The third kappa shape index (κ3) is 5.32. The number of carbonyl (C=O) groups excluding carboxylic acids is 1. The maximum absolute atomic E-state index is 13.0. The second-order valence-electron chi connectivity index (χ2n) is 9.98. The predicted octanol–water partition coefficient (Wildman–Crippen LogP) is 4.78. The van der Waals surface area contributed by atoms with E-state index in [1.54, 1.807) is 7.11 Å². The van der Waals surface area contributed by atoms with Gasteiger partial charge >= 0.3 is 0 Å². The van der Waals surface area contributed by atoms with E-state index < -0.39 is 0 Å². The molecule has 3 aromatic carbocycles. The second-order valence-corrected chi connectivity index (χ2v) is 9.98. The Hall–Kier alpha value is -4.33. The molecule has 1 amide bonds. The normalized spacial score (nSPS) is 15.6. The van der Waals surface area contributed by atoms with Crippen LogP contribution in [0.2, 0.25) is 0 Å². The molecule has 6 rings (SSSR count). The van der Waals surface area contributed by atoms with Crippen molar-refractivity contribution < 1.29 is 14.3 Å². The van der Waals surface area contributed by atoms with E-state index >= 15 is 0 Å². The summed E-state index contributed by atoms with van der Waals surface area (Å²) in [6, 6.07) is 23.5. The van der Waals surface area contributed by atoms with Gasteiger partial charge in [0.05, 0.1) is 12.6 Å². The van der Waals surface area contributed by atoms with E-state index in [2.05, 4.69) is 9.80 Å². The molecule has 8 nitrogen and oxygen atoms in total. The van der Waals surface area contributed by atoms with E-state index in [0.717, 1.165) is 59.7 Å². The fraction of sp³-hybridized carbons (Fsp3) is 0.323. The van der Waals surface area contributed by atoms with Gasteiger partial charge in [-0.2, -0.15) is 4.98 Å². The van der Waals surface area contributed by atoms with Crippen molar-refractivity contribution in [3.63, 3.8) is 0 Å². The smallest absolute Gasteiger partial charge is 0.253 e. The summed E-state index contributed by atoms with van der Waals surface area (Å²) in [7, 11) is 1.66. The van der Waals surface area contributed by atoms with E-state index in [9.17, 15) is 4.79 Å². The van der Waals surface area contributed by atoms with Gasteiger partial charge in [-0.25, -0.2) is 4.98 Å². The molecule has 0 atom stereocenters. The van der Waals surface area contributed by atoms with Crippen molar-refractivity contribution in [2.24, 2.45) is 0 Å². The van der Waals surface area contributed by atoms with Crippen molar-refractivity contribution in [2.75, 3.05) is 56.2 Å². The first-order valence-electron chi connectivity index (χ1n) is 13.6. The molecule has 0 radical (unpaired) electrons. The zero-order valence-corrected chi connectivity index (χ0v) is 22.3. The summed E-state index contributed by atoms with van der Waals surface area (Å²) in [5.74, 6) is 3.00. The van der Waals surface area contributed by atoms with Crippen LogP contribution in [0.15, 0.2) is 72.8 Å². The molecule has 8 heteroatoms. The summed E-state index contributed by atoms with van der Waals surface area (Å²) in [5, 5.41) is 0.921.